The third kappa shape index (κ3) is 15.8. The van der Waals surface area contributed by atoms with Gasteiger partial charge in [0, 0.05) is 0 Å². The molecule has 0 rings (SSSR count). The molecule has 0 spiro atoms. The van der Waals surface area contributed by atoms with Crippen LogP contribution in [0.5, 0.6) is 0 Å². The van der Waals surface area contributed by atoms with Gasteiger partial charge >= 0.3 is 29.6 Å². The molecule has 0 bridgehead atoms. The summed E-state index contributed by atoms with van der Waals surface area (Å²) >= 11 is 0. The van der Waals surface area contributed by atoms with Crippen LogP contribution in [-0.2, 0) is 14.7 Å². The fourth-order valence-electron chi connectivity index (χ4n) is 0. The van der Waals surface area contributed by atoms with Crippen molar-refractivity contribution < 1.29 is 52.1 Å². The summed E-state index contributed by atoms with van der Waals surface area (Å²) in [6.07, 6.45) is 0. The zero-order valence-corrected chi connectivity index (χ0v) is 7.27. The van der Waals surface area contributed by atoms with Crippen molar-refractivity contribution in [2.24, 2.45) is 0 Å². The van der Waals surface area contributed by atoms with Gasteiger partial charge in [0.2, 0.25) is 10.4 Å². The summed E-state index contributed by atoms with van der Waals surface area (Å²) in [4.78, 5) is 0. The summed E-state index contributed by atoms with van der Waals surface area (Å²) in [5.41, 5.74) is 0. The molecule has 0 amide bonds. The van der Waals surface area contributed by atoms with E-state index in [1.807, 2.05) is 0 Å². The van der Waals surface area contributed by atoms with Crippen molar-refractivity contribution in [1.82, 2.24) is 6.15 Å². The molecular weight excluding hydrogens is 149 g/mol. The van der Waals surface area contributed by atoms with Crippen LogP contribution in [0.4, 0.5) is 0 Å². The maximum absolute atomic E-state index is 8.91. The monoisotopic (exact) mass is 153 g/mol. The van der Waals surface area contributed by atoms with Crippen LogP contribution in [0.3, 0.4) is 0 Å². The average Bonchev–Trinajstić information content (AvgIpc) is 1.35. The maximum atomic E-state index is 8.91. The zero-order chi connectivity index (χ0) is 5.21. The van der Waals surface area contributed by atoms with Crippen LogP contribution in [0.2, 0.25) is 0 Å². The predicted molar refractivity (Wildman–Crippen MR) is 16.8 cm³/mol. The normalized spacial score (nSPS) is 8.75. The minimum atomic E-state index is -4.97. The van der Waals surface area contributed by atoms with Crippen molar-refractivity contribution in [3.05, 3.63) is 0 Å². The Balaban J connectivity index is -0.000000125. The minimum Gasteiger partial charge on any atom is -0.726 e. The van der Waals surface area contributed by atoms with E-state index in [9.17, 15) is 0 Å². The molecule has 0 aromatic carbocycles. The third-order valence-electron chi connectivity index (χ3n) is 0.0833. The molecule has 0 atom stereocenters. The Morgan fingerprint density at radius 1 is 1.38 bits per heavy atom. The first-order chi connectivity index (χ1) is 2.56. The Bertz CT molecular complexity index is 114. The van der Waals surface area contributed by atoms with Gasteiger partial charge in [-0.1, -0.05) is 0 Å². The molecule has 4 N–H and O–H groups in total. The minimum absolute atomic E-state index is 0. The fourth-order valence-corrected chi connectivity index (χ4v) is 0. The zero-order valence-electron chi connectivity index (χ0n) is 4.45. The summed E-state index contributed by atoms with van der Waals surface area (Å²) in [6.45, 7) is 0. The quantitative estimate of drug-likeness (QED) is 0.133. The Hall–Kier alpha value is 0.790. The smallest absolute Gasteiger partial charge is 0.726 e. The predicted octanol–water partition coefficient (Wildman–Crippen LogP) is -4.88. The first-order valence-corrected chi connectivity index (χ1v) is 2.17. The Morgan fingerprint density at radius 2 is 1.50 bits per heavy atom. The van der Waals surface area contributed by atoms with Crippen molar-refractivity contribution in [3.63, 3.8) is 0 Å². The molecule has 0 aliphatic rings. The van der Waals surface area contributed by atoms with Gasteiger partial charge in [-0.25, -0.2) is 8.42 Å². The van der Waals surface area contributed by atoms with Gasteiger partial charge in [0.1, 0.15) is 0 Å². The van der Waals surface area contributed by atoms with Crippen LogP contribution in [0.25, 0.3) is 0 Å². The second-order valence-electron chi connectivity index (χ2n) is 0.476. The SMILES string of the molecule is O=S(=O)([O-])O[O-].[NH4+].[Na+]. The molecule has 0 saturated heterocycles. The average molecular weight is 153 g/mol. The van der Waals surface area contributed by atoms with E-state index in [1.165, 1.54) is 0 Å². The molecule has 6 nitrogen and oxygen atoms in total. The molecule has 0 saturated carbocycles. The molecule has 0 aromatic rings. The topological polar surface area (TPSA) is 126 Å². The van der Waals surface area contributed by atoms with E-state index < -0.39 is 10.4 Å². The van der Waals surface area contributed by atoms with Gasteiger partial charge in [-0.3, -0.25) is 0 Å². The van der Waals surface area contributed by atoms with Gasteiger partial charge in [0.05, 0.1) is 0 Å². The van der Waals surface area contributed by atoms with Crippen molar-refractivity contribution in [3.8, 4) is 0 Å². The molecule has 0 aliphatic carbocycles. The number of hydrogen-bond donors (Lipinski definition) is 1. The number of quaternary nitrogens is 1. The Kier molecular flexibility index (Phi) is 11.8. The molecule has 0 radical (unpaired) electrons. The van der Waals surface area contributed by atoms with Gasteiger partial charge < -0.3 is 20.3 Å². The number of rotatable bonds is 1. The van der Waals surface area contributed by atoms with E-state index in [2.05, 4.69) is 4.33 Å². The molecule has 0 aromatic heterocycles. The largest absolute Gasteiger partial charge is 1.00 e. The Morgan fingerprint density at radius 3 is 1.50 bits per heavy atom. The van der Waals surface area contributed by atoms with Crippen molar-refractivity contribution in [2.75, 3.05) is 0 Å². The summed E-state index contributed by atoms with van der Waals surface area (Å²) < 4.78 is 28.8. The first kappa shape index (κ1) is 15.9. The van der Waals surface area contributed by atoms with Crippen molar-refractivity contribution >= 4 is 10.4 Å². The van der Waals surface area contributed by atoms with Crippen LogP contribution >= 0.6 is 0 Å². The molecule has 0 fully saturated rings. The molecule has 0 heterocycles. The van der Waals surface area contributed by atoms with E-state index in [0.29, 0.717) is 0 Å². The molecule has 8 heteroatoms. The second-order valence-corrected chi connectivity index (χ2v) is 1.43. The van der Waals surface area contributed by atoms with Crippen LogP contribution < -0.4 is 41.0 Å². The van der Waals surface area contributed by atoms with E-state index in [4.69, 9.17) is 18.2 Å². The fraction of sp³-hybridized carbons (Fsp3) is 0. The van der Waals surface area contributed by atoms with E-state index in [-0.39, 0.29) is 35.7 Å². The second kappa shape index (κ2) is 5.92. The summed E-state index contributed by atoms with van der Waals surface area (Å²) in [5.74, 6) is 0. The van der Waals surface area contributed by atoms with Crippen LogP contribution in [0.1, 0.15) is 0 Å². The number of hydrogen-bond acceptors (Lipinski definition) is 5. The van der Waals surface area contributed by atoms with Crippen LogP contribution in [0.15, 0.2) is 0 Å². The third-order valence-corrected chi connectivity index (χ3v) is 0.250. The van der Waals surface area contributed by atoms with E-state index >= 15 is 0 Å². The molecule has 46 valence electrons. The van der Waals surface area contributed by atoms with Gasteiger partial charge in [0.25, 0.3) is 0 Å². The van der Waals surface area contributed by atoms with E-state index in [0.717, 1.165) is 0 Å². The van der Waals surface area contributed by atoms with Gasteiger partial charge in [-0.2, -0.15) is 0 Å². The van der Waals surface area contributed by atoms with Gasteiger partial charge in [-0.15, -0.1) is 0 Å². The van der Waals surface area contributed by atoms with Crippen LogP contribution in [-0.4, -0.2) is 13.0 Å². The van der Waals surface area contributed by atoms with Crippen LogP contribution in [0, 0.1) is 0 Å². The molecular formula is H4NNaO5S. The Labute approximate surface area is 68.6 Å². The summed E-state index contributed by atoms with van der Waals surface area (Å²) in [6, 6.07) is 0. The molecule has 0 aliphatic heterocycles. The molecule has 0 unspecified atom stereocenters. The standard InChI is InChI=1S/H3N.Na.H2O5S/c;;1-5-6(2,3)4/h1H3;;1H,(H,2,3,4)/q;+1;/p-1. The maximum Gasteiger partial charge on any atom is 1.00 e. The summed E-state index contributed by atoms with van der Waals surface area (Å²) in [5, 5.41) is 8.55. The van der Waals surface area contributed by atoms with Crippen molar-refractivity contribution in [2.45, 2.75) is 0 Å². The van der Waals surface area contributed by atoms with Crippen molar-refractivity contribution in [1.29, 1.82) is 0 Å². The van der Waals surface area contributed by atoms with Gasteiger partial charge in [-0.05, 0) is 0 Å². The molecule has 8 heavy (non-hydrogen) atoms. The van der Waals surface area contributed by atoms with Gasteiger partial charge in [0.15, 0.2) is 0 Å². The summed E-state index contributed by atoms with van der Waals surface area (Å²) in [7, 11) is -4.97. The first-order valence-electron chi connectivity index (χ1n) is 0.833. The van der Waals surface area contributed by atoms with E-state index in [1.54, 1.807) is 0 Å².